The van der Waals surface area contributed by atoms with Crippen molar-refractivity contribution in [1.29, 1.82) is 0 Å². The molecule has 5 nitrogen and oxygen atoms in total. The van der Waals surface area contributed by atoms with Crippen LogP contribution in [0.5, 0.6) is 0 Å². The van der Waals surface area contributed by atoms with Gasteiger partial charge in [-0.05, 0) is 43.9 Å². The van der Waals surface area contributed by atoms with Crippen molar-refractivity contribution >= 4 is 11.7 Å². The molecule has 2 aromatic rings. The van der Waals surface area contributed by atoms with Gasteiger partial charge >= 0.3 is 6.09 Å². The topological polar surface area (TPSA) is 55.3 Å². The Hall–Kier alpha value is -2.69. The largest absolute Gasteiger partial charge is 0.444 e. The molecule has 2 heterocycles. The molecular weight excluding hydrogens is 326 g/mol. The Balaban J connectivity index is 1.61. The Kier molecular flexibility index (Phi) is 5.35. The van der Waals surface area contributed by atoms with Gasteiger partial charge in [0.2, 0.25) is 0 Å². The smallest absolute Gasteiger partial charge is 0.410 e. The highest BCUT2D eigenvalue weighted by atomic mass is 16.6. The van der Waals surface area contributed by atoms with Crippen LogP contribution in [0, 0.1) is 0 Å². The van der Waals surface area contributed by atoms with Gasteiger partial charge in [-0.15, -0.1) is 0 Å². The predicted molar refractivity (Wildman–Crippen MR) is 102 cm³/mol. The molecule has 5 heteroatoms. The summed E-state index contributed by atoms with van der Waals surface area (Å²) in [6.07, 6.45) is 7.07. The third kappa shape index (κ3) is 4.91. The summed E-state index contributed by atoms with van der Waals surface area (Å²) in [5, 5.41) is 0. The summed E-state index contributed by atoms with van der Waals surface area (Å²) in [5.74, 6) is 0.741. The van der Waals surface area contributed by atoms with Crippen LogP contribution in [0.25, 0.3) is 5.57 Å². The maximum absolute atomic E-state index is 12.1. The summed E-state index contributed by atoms with van der Waals surface area (Å²) < 4.78 is 5.42. The average molecular weight is 351 g/mol. The number of hydrogen-bond acceptors (Lipinski definition) is 4. The van der Waals surface area contributed by atoms with Crippen molar-refractivity contribution in [3.63, 3.8) is 0 Å². The van der Waals surface area contributed by atoms with E-state index in [9.17, 15) is 4.79 Å². The first-order valence-electron chi connectivity index (χ1n) is 8.93. The highest BCUT2D eigenvalue weighted by Gasteiger charge is 2.24. The summed E-state index contributed by atoms with van der Waals surface area (Å²) in [6.45, 7) is 6.78. The fourth-order valence-corrected chi connectivity index (χ4v) is 2.81. The zero-order valence-corrected chi connectivity index (χ0v) is 15.6. The summed E-state index contributed by atoms with van der Waals surface area (Å²) >= 11 is 0. The minimum Gasteiger partial charge on any atom is -0.444 e. The van der Waals surface area contributed by atoms with Crippen LogP contribution >= 0.6 is 0 Å². The van der Waals surface area contributed by atoms with E-state index in [0.717, 1.165) is 29.8 Å². The van der Waals surface area contributed by atoms with Crippen molar-refractivity contribution < 1.29 is 9.53 Å². The quantitative estimate of drug-likeness (QED) is 0.836. The number of benzene rings is 1. The molecule has 0 saturated heterocycles. The van der Waals surface area contributed by atoms with Crippen LogP contribution in [-0.2, 0) is 11.2 Å². The molecule has 1 aromatic heterocycles. The summed E-state index contributed by atoms with van der Waals surface area (Å²) in [5.41, 5.74) is 2.94. The Morgan fingerprint density at radius 1 is 1.12 bits per heavy atom. The van der Waals surface area contributed by atoms with E-state index in [0.29, 0.717) is 13.1 Å². The van der Waals surface area contributed by atoms with Crippen molar-refractivity contribution in [3.05, 3.63) is 65.8 Å². The molecule has 0 spiro atoms. The van der Waals surface area contributed by atoms with Crippen LogP contribution in [0.15, 0.2) is 48.8 Å². The summed E-state index contributed by atoms with van der Waals surface area (Å²) in [4.78, 5) is 22.9. The van der Waals surface area contributed by atoms with E-state index in [1.165, 1.54) is 5.56 Å². The molecule has 0 radical (unpaired) electrons. The first kappa shape index (κ1) is 18.1. The van der Waals surface area contributed by atoms with Crippen LogP contribution in [0.1, 0.15) is 44.1 Å². The van der Waals surface area contributed by atoms with Gasteiger partial charge in [0.25, 0.3) is 0 Å². The third-order valence-corrected chi connectivity index (χ3v) is 4.10. The van der Waals surface area contributed by atoms with Gasteiger partial charge < -0.3 is 9.64 Å². The molecule has 1 aliphatic heterocycles. The second kappa shape index (κ2) is 7.68. The van der Waals surface area contributed by atoms with Crippen molar-refractivity contribution in [2.45, 2.75) is 39.2 Å². The van der Waals surface area contributed by atoms with E-state index < -0.39 is 5.60 Å². The van der Waals surface area contributed by atoms with Crippen LogP contribution in [-0.4, -0.2) is 39.7 Å². The van der Waals surface area contributed by atoms with Crippen LogP contribution < -0.4 is 0 Å². The molecule has 0 saturated carbocycles. The molecule has 0 unspecified atom stereocenters. The van der Waals surface area contributed by atoms with Gasteiger partial charge in [-0.2, -0.15) is 0 Å². The van der Waals surface area contributed by atoms with E-state index in [1.807, 2.05) is 57.4 Å². The number of rotatable bonds is 3. The number of nitrogens with zero attached hydrogens (tertiary/aromatic N) is 3. The van der Waals surface area contributed by atoms with E-state index in [1.54, 1.807) is 4.90 Å². The maximum Gasteiger partial charge on any atom is 0.410 e. The first-order valence-corrected chi connectivity index (χ1v) is 8.93. The lowest BCUT2D eigenvalue weighted by Gasteiger charge is -2.29. The Morgan fingerprint density at radius 3 is 2.38 bits per heavy atom. The number of carbonyl (C=O) groups is 1. The molecule has 136 valence electrons. The number of amides is 1. The third-order valence-electron chi connectivity index (χ3n) is 4.10. The molecule has 0 atom stereocenters. The monoisotopic (exact) mass is 351 g/mol. The van der Waals surface area contributed by atoms with Gasteiger partial charge in [0.15, 0.2) is 5.82 Å². The molecule has 26 heavy (non-hydrogen) atoms. The van der Waals surface area contributed by atoms with Crippen molar-refractivity contribution in [3.8, 4) is 0 Å². The standard InChI is InChI=1S/C21H25N3O2/c1-21(2,3)26-20(25)24-11-9-18(10-12-24)19-22-14-17(15-23-19)13-16-7-5-4-6-8-16/h4-9,14-15H,10-13H2,1-3H3. The van der Waals surface area contributed by atoms with Gasteiger partial charge in [-0.3, -0.25) is 0 Å². The predicted octanol–water partition coefficient (Wildman–Crippen LogP) is 4.09. The molecule has 0 bridgehead atoms. The fourth-order valence-electron chi connectivity index (χ4n) is 2.81. The minimum absolute atomic E-state index is 0.271. The van der Waals surface area contributed by atoms with E-state index in [-0.39, 0.29) is 6.09 Å². The molecule has 0 fully saturated rings. The molecule has 1 aliphatic rings. The zero-order valence-electron chi connectivity index (χ0n) is 15.6. The second-order valence-corrected chi connectivity index (χ2v) is 7.48. The lowest BCUT2D eigenvalue weighted by molar-refractivity contribution is 0.0270. The van der Waals surface area contributed by atoms with Gasteiger partial charge in [-0.1, -0.05) is 36.4 Å². The first-order chi connectivity index (χ1) is 12.4. The molecule has 0 aliphatic carbocycles. The number of carbonyl (C=O) groups excluding carboxylic acids is 1. The summed E-state index contributed by atoms with van der Waals surface area (Å²) in [6, 6.07) is 10.3. The van der Waals surface area contributed by atoms with Crippen molar-refractivity contribution in [1.82, 2.24) is 14.9 Å². The number of hydrogen-bond donors (Lipinski definition) is 0. The van der Waals surface area contributed by atoms with E-state index in [4.69, 9.17) is 4.74 Å². The second-order valence-electron chi connectivity index (χ2n) is 7.48. The molecule has 3 rings (SSSR count). The van der Waals surface area contributed by atoms with Gasteiger partial charge in [0.05, 0.1) is 0 Å². The zero-order chi connectivity index (χ0) is 18.6. The molecule has 0 N–H and O–H groups in total. The molecule has 1 amide bonds. The SMILES string of the molecule is CC(C)(C)OC(=O)N1CC=C(c2ncc(Cc3ccccc3)cn2)CC1. The Morgan fingerprint density at radius 2 is 1.81 bits per heavy atom. The van der Waals surface area contributed by atoms with E-state index >= 15 is 0 Å². The summed E-state index contributed by atoms with van der Waals surface area (Å²) in [7, 11) is 0. The average Bonchev–Trinajstić information content (AvgIpc) is 2.62. The van der Waals surface area contributed by atoms with Crippen molar-refractivity contribution in [2.75, 3.05) is 13.1 Å². The Bertz CT molecular complexity index is 777. The highest BCUT2D eigenvalue weighted by Crippen LogP contribution is 2.21. The van der Waals surface area contributed by atoms with Crippen LogP contribution in [0.3, 0.4) is 0 Å². The number of aromatic nitrogens is 2. The molecule has 1 aromatic carbocycles. The maximum atomic E-state index is 12.1. The van der Waals surface area contributed by atoms with Gasteiger partial charge in [0.1, 0.15) is 5.60 Å². The molecular formula is C21H25N3O2. The van der Waals surface area contributed by atoms with Crippen LogP contribution in [0.2, 0.25) is 0 Å². The Labute approximate surface area is 154 Å². The van der Waals surface area contributed by atoms with Gasteiger partial charge in [-0.25, -0.2) is 14.8 Å². The highest BCUT2D eigenvalue weighted by molar-refractivity contribution is 5.71. The van der Waals surface area contributed by atoms with Crippen LogP contribution in [0.4, 0.5) is 4.79 Å². The lowest BCUT2D eigenvalue weighted by atomic mass is 10.1. The minimum atomic E-state index is -0.473. The van der Waals surface area contributed by atoms with Gasteiger partial charge in [0, 0.05) is 31.9 Å². The fraction of sp³-hybridized carbons (Fsp3) is 0.381. The number of ether oxygens (including phenoxy) is 1. The lowest BCUT2D eigenvalue weighted by Crippen LogP contribution is -2.39. The normalized spacial score (nSPS) is 14.7. The van der Waals surface area contributed by atoms with Crippen molar-refractivity contribution in [2.24, 2.45) is 0 Å². The van der Waals surface area contributed by atoms with E-state index in [2.05, 4.69) is 22.1 Å².